The third-order valence-corrected chi connectivity index (χ3v) is 6.63. The van der Waals surface area contributed by atoms with Crippen molar-refractivity contribution in [2.24, 2.45) is 0 Å². The van der Waals surface area contributed by atoms with E-state index in [2.05, 4.69) is 6.92 Å². The van der Waals surface area contributed by atoms with Crippen molar-refractivity contribution in [2.45, 2.75) is 91.1 Å². The number of phenolic OH excluding ortho intramolecular Hbond substituents is 1. The summed E-state index contributed by atoms with van der Waals surface area (Å²) in [5.41, 5.74) is -0.0613. The van der Waals surface area contributed by atoms with Gasteiger partial charge in [0.15, 0.2) is 0 Å². The van der Waals surface area contributed by atoms with Crippen molar-refractivity contribution in [3.63, 3.8) is 0 Å². The van der Waals surface area contributed by atoms with Gasteiger partial charge in [0, 0.05) is 11.1 Å². The fraction of sp³-hybridized carbons (Fsp3) is 0.438. The number of ether oxygens (including phenoxy) is 1. The predicted octanol–water partition coefficient (Wildman–Crippen LogP) is 9.79. The van der Waals surface area contributed by atoms with Crippen LogP contribution in [0.2, 0.25) is 0 Å². The number of phenols is 1. The Bertz CT molecular complexity index is 1210. The zero-order valence-electron chi connectivity index (χ0n) is 23.3. The highest BCUT2D eigenvalue weighted by Crippen LogP contribution is 2.44. The van der Waals surface area contributed by atoms with E-state index in [9.17, 15) is 5.11 Å². The van der Waals surface area contributed by atoms with Crippen molar-refractivity contribution in [3.8, 4) is 22.6 Å². The molecule has 0 aliphatic carbocycles. The Kier molecular flexibility index (Phi) is 8.55. The Balaban J connectivity index is 1.96. The number of aromatic hydroxyl groups is 1. The molecular formula is C32H38F4O2. The summed E-state index contributed by atoms with van der Waals surface area (Å²) in [6.45, 7) is 13.1. The third kappa shape index (κ3) is 6.69. The Morgan fingerprint density at radius 1 is 0.737 bits per heavy atom. The van der Waals surface area contributed by atoms with E-state index in [1.807, 2.05) is 53.7 Å². The summed E-state index contributed by atoms with van der Waals surface area (Å²) in [4.78, 5) is 0. The van der Waals surface area contributed by atoms with Gasteiger partial charge in [-0.25, -0.2) is 8.78 Å². The Labute approximate surface area is 223 Å². The number of hydrogen-bond donors (Lipinski definition) is 1. The van der Waals surface area contributed by atoms with Crippen molar-refractivity contribution < 1.29 is 27.4 Å². The van der Waals surface area contributed by atoms with Gasteiger partial charge >= 0.3 is 6.11 Å². The minimum atomic E-state index is -4.29. The second-order valence-electron chi connectivity index (χ2n) is 12.0. The van der Waals surface area contributed by atoms with E-state index in [-0.39, 0.29) is 17.1 Å². The Morgan fingerprint density at radius 2 is 1.24 bits per heavy atom. The zero-order valence-corrected chi connectivity index (χ0v) is 23.3. The normalized spacial score (nSPS) is 12.6. The molecule has 0 amide bonds. The second-order valence-corrected chi connectivity index (χ2v) is 12.0. The molecule has 3 aromatic carbocycles. The summed E-state index contributed by atoms with van der Waals surface area (Å²) >= 11 is 0. The fourth-order valence-corrected chi connectivity index (χ4v) is 4.47. The molecule has 6 heteroatoms. The SMILES string of the molecule is CCCCCc1ccc(-c2cc(F)c(C(F)(F)Oc3cc(C(C)(C)C)c(O)c(C(C)(C)C)c3)c(F)c2)cc1. The maximum absolute atomic E-state index is 15.3. The number of aryl methyl sites for hydroxylation is 1. The molecule has 0 aliphatic heterocycles. The first kappa shape index (κ1) is 29.5. The molecule has 38 heavy (non-hydrogen) atoms. The molecule has 3 rings (SSSR count). The van der Waals surface area contributed by atoms with Gasteiger partial charge in [-0.3, -0.25) is 0 Å². The average molecular weight is 531 g/mol. The van der Waals surface area contributed by atoms with Crippen molar-refractivity contribution in [2.75, 3.05) is 0 Å². The van der Waals surface area contributed by atoms with Crippen LogP contribution in [0.25, 0.3) is 11.1 Å². The first-order valence-corrected chi connectivity index (χ1v) is 13.1. The molecule has 0 bridgehead atoms. The molecular weight excluding hydrogens is 492 g/mol. The van der Waals surface area contributed by atoms with Crippen LogP contribution in [0.15, 0.2) is 48.5 Å². The molecule has 0 unspecified atom stereocenters. The molecule has 0 heterocycles. The summed E-state index contributed by atoms with van der Waals surface area (Å²) in [5, 5.41) is 10.8. The third-order valence-electron chi connectivity index (χ3n) is 6.63. The number of halogens is 4. The van der Waals surface area contributed by atoms with Crippen LogP contribution in [0.1, 0.15) is 90.0 Å². The molecule has 0 aromatic heterocycles. The summed E-state index contributed by atoms with van der Waals surface area (Å²) in [7, 11) is 0. The number of unbranched alkanes of at least 4 members (excludes halogenated alkanes) is 2. The molecule has 0 radical (unpaired) electrons. The molecule has 3 aromatic rings. The summed E-state index contributed by atoms with van der Waals surface area (Å²) in [6, 6.07) is 11.6. The van der Waals surface area contributed by atoms with E-state index in [0.717, 1.165) is 43.4 Å². The van der Waals surface area contributed by atoms with E-state index >= 15 is 17.6 Å². The van der Waals surface area contributed by atoms with Crippen molar-refractivity contribution in [3.05, 3.63) is 82.4 Å². The van der Waals surface area contributed by atoms with Crippen molar-refractivity contribution in [1.29, 1.82) is 0 Å². The topological polar surface area (TPSA) is 29.5 Å². The van der Waals surface area contributed by atoms with Crippen LogP contribution >= 0.6 is 0 Å². The van der Waals surface area contributed by atoms with Crippen LogP contribution in [-0.4, -0.2) is 5.11 Å². The lowest BCUT2D eigenvalue weighted by molar-refractivity contribution is -0.189. The van der Waals surface area contributed by atoms with E-state index < -0.39 is 34.1 Å². The summed E-state index contributed by atoms with van der Waals surface area (Å²) in [5.74, 6) is -3.10. The minimum absolute atomic E-state index is 0.0150. The maximum Gasteiger partial charge on any atom is 0.432 e. The van der Waals surface area contributed by atoms with Crippen molar-refractivity contribution >= 4 is 0 Å². The molecule has 0 saturated heterocycles. The van der Waals surface area contributed by atoms with Crippen LogP contribution in [0.5, 0.6) is 11.5 Å². The molecule has 1 N–H and O–H groups in total. The van der Waals surface area contributed by atoms with Gasteiger partial charge in [0.05, 0.1) is 0 Å². The van der Waals surface area contributed by atoms with Gasteiger partial charge in [0.25, 0.3) is 0 Å². The number of alkyl halides is 2. The van der Waals surface area contributed by atoms with Crippen molar-refractivity contribution in [1.82, 2.24) is 0 Å². The molecule has 0 atom stereocenters. The van der Waals surface area contributed by atoms with Gasteiger partial charge in [0.2, 0.25) is 0 Å². The summed E-state index contributed by atoms with van der Waals surface area (Å²) in [6.07, 6.45) is -0.103. The van der Waals surface area contributed by atoms with Crippen LogP contribution in [0, 0.1) is 11.6 Å². The zero-order chi connectivity index (χ0) is 28.5. The highest BCUT2D eigenvalue weighted by molar-refractivity contribution is 5.64. The van der Waals surface area contributed by atoms with Gasteiger partial charge in [-0.05, 0) is 64.6 Å². The van der Waals surface area contributed by atoms with Crippen LogP contribution in [0.3, 0.4) is 0 Å². The highest BCUT2D eigenvalue weighted by Gasteiger charge is 2.42. The molecule has 0 saturated carbocycles. The molecule has 0 fully saturated rings. The van der Waals surface area contributed by atoms with Crippen LogP contribution in [0.4, 0.5) is 17.6 Å². The smallest absolute Gasteiger partial charge is 0.432 e. The van der Waals surface area contributed by atoms with E-state index in [1.54, 1.807) is 12.1 Å². The average Bonchev–Trinajstić information content (AvgIpc) is 2.78. The van der Waals surface area contributed by atoms with Gasteiger partial charge in [0.1, 0.15) is 28.7 Å². The Morgan fingerprint density at radius 3 is 1.68 bits per heavy atom. The monoisotopic (exact) mass is 530 g/mol. The van der Waals surface area contributed by atoms with E-state index in [0.29, 0.717) is 16.7 Å². The lowest BCUT2D eigenvalue weighted by Gasteiger charge is -2.29. The fourth-order valence-electron chi connectivity index (χ4n) is 4.47. The summed E-state index contributed by atoms with van der Waals surface area (Å²) < 4.78 is 65.6. The van der Waals surface area contributed by atoms with Crippen LogP contribution < -0.4 is 4.74 Å². The lowest BCUT2D eigenvalue weighted by Crippen LogP contribution is -2.26. The first-order chi connectivity index (χ1) is 17.5. The standard InChI is InChI=1S/C32H38F4O2/c1-8-9-10-11-20-12-14-21(15-13-20)22-16-26(33)28(27(34)17-22)32(35,36)38-23-18-24(30(2,3)4)29(37)25(19-23)31(5,6)7/h12-19,37H,8-11H2,1-7H3. The number of rotatable bonds is 8. The first-order valence-electron chi connectivity index (χ1n) is 13.1. The number of hydrogen-bond acceptors (Lipinski definition) is 2. The maximum atomic E-state index is 15.3. The molecule has 206 valence electrons. The molecule has 0 spiro atoms. The van der Waals surface area contributed by atoms with Gasteiger partial charge in [-0.1, -0.05) is 85.6 Å². The minimum Gasteiger partial charge on any atom is -0.507 e. The van der Waals surface area contributed by atoms with Gasteiger partial charge in [-0.15, -0.1) is 0 Å². The van der Waals surface area contributed by atoms with Crippen LogP contribution in [-0.2, 0) is 23.4 Å². The lowest BCUT2D eigenvalue weighted by atomic mass is 9.79. The quantitative estimate of drug-likeness (QED) is 0.232. The largest absolute Gasteiger partial charge is 0.507 e. The van der Waals surface area contributed by atoms with E-state index in [4.69, 9.17) is 4.74 Å². The van der Waals surface area contributed by atoms with E-state index in [1.165, 1.54) is 12.1 Å². The van der Waals surface area contributed by atoms with Gasteiger partial charge < -0.3 is 9.84 Å². The molecule has 0 aliphatic rings. The number of benzene rings is 3. The Hall–Kier alpha value is -3.02. The van der Waals surface area contributed by atoms with Gasteiger partial charge in [-0.2, -0.15) is 8.78 Å². The highest BCUT2D eigenvalue weighted by atomic mass is 19.3. The predicted molar refractivity (Wildman–Crippen MR) is 145 cm³/mol. The molecule has 2 nitrogen and oxygen atoms in total. The second kappa shape index (κ2) is 11.0.